The third-order valence-corrected chi connectivity index (χ3v) is 3.28. The molecule has 19 heavy (non-hydrogen) atoms. The highest BCUT2D eigenvalue weighted by Crippen LogP contribution is 2.37. The quantitative estimate of drug-likeness (QED) is 0.914. The Morgan fingerprint density at radius 1 is 0.947 bits per heavy atom. The third kappa shape index (κ3) is 2.68. The molecule has 2 atom stereocenters. The van der Waals surface area contributed by atoms with Crippen molar-refractivity contribution in [3.05, 3.63) is 71.3 Å². The van der Waals surface area contributed by atoms with Crippen molar-refractivity contribution in [3.8, 4) is 0 Å². The Morgan fingerprint density at radius 2 is 1.63 bits per heavy atom. The molecule has 2 aromatic carbocycles. The van der Waals surface area contributed by atoms with Crippen molar-refractivity contribution in [3.63, 3.8) is 0 Å². The molecule has 3 heteroatoms. The lowest BCUT2D eigenvalue weighted by atomic mass is 10.1. The number of aliphatic hydroxyl groups excluding tert-OH is 1. The van der Waals surface area contributed by atoms with Gasteiger partial charge in [0.05, 0.1) is 13.2 Å². The molecule has 1 heterocycles. The molecule has 3 nitrogen and oxygen atoms in total. The van der Waals surface area contributed by atoms with Crippen molar-refractivity contribution in [1.82, 2.24) is 0 Å². The Balaban J connectivity index is 1.60. The van der Waals surface area contributed by atoms with Crippen LogP contribution in [0.5, 0.6) is 0 Å². The van der Waals surface area contributed by atoms with Gasteiger partial charge in [0.1, 0.15) is 6.10 Å². The summed E-state index contributed by atoms with van der Waals surface area (Å²) in [5.41, 5.74) is 2.99. The monoisotopic (exact) mass is 256 g/mol. The zero-order chi connectivity index (χ0) is 13.1. The molecule has 3 rings (SSSR count). The van der Waals surface area contributed by atoms with E-state index in [1.54, 1.807) is 0 Å². The number of benzene rings is 2. The van der Waals surface area contributed by atoms with E-state index in [1.165, 1.54) is 0 Å². The van der Waals surface area contributed by atoms with E-state index in [9.17, 15) is 5.11 Å². The van der Waals surface area contributed by atoms with E-state index in [1.807, 2.05) is 54.6 Å². The number of hydrogen-bond acceptors (Lipinski definition) is 3. The summed E-state index contributed by atoms with van der Waals surface area (Å²) in [6, 6.07) is 17.7. The van der Waals surface area contributed by atoms with Crippen molar-refractivity contribution in [1.29, 1.82) is 0 Å². The van der Waals surface area contributed by atoms with Crippen molar-refractivity contribution >= 4 is 0 Å². The fourth-order valence-electron chi connectivity index (χ4n) is 2.32. The van der Waals surface area contributed by atoms with Gasteiger partial charge >= 0.3 is 0 Å². The Bertz CT molecular complexity index is 539. The number of rotatable bonds is 4. The molecule has 0 radical (unpaired) electrons. The minimum absolute atomic E-state index is 0.185. The minimum atomic E-state index is -0.832. The number of ether oxygens (including phenoxy) is 2. The lowest BCUT2D eigenvalue weighted by molar-refractivity contribution is -0.139. The van der Waals surface area contributed by atoms with Crippen LogP contribution in [0.1, 0.15) is 29.1 Å². The van der Waals surface area contributed by atoms with Gasteiger partial charge in [0.2, 0.25) is 0 Å². The maximum atomic E-state index is 9.79. The molecule has 1 aliphatic heterocycles. The molecule has 0 unspecified atom stereocenters. The Morgan fingerprint density at radius 3 is 2.42 bits per heavy atom. The van der Waals surface area contributed by atoms with Crippen LogP contribution in [-0.4, -0.2) is 11.7 Å². The molecule has 2 aromatic rings. The van der Waals surface area contributed by atoms with E-state index in [0.717, 1.165) is 16.7 Å². The topological polar surface area (TPSA) is 38.7 Å². The molecule has 0 saturated heterocycles. The second-order valence-corrected chi connectivity index (χ2v) is 4.61. The average Bonchev–Trinajstić information content (AvgIpc) is 2.78. The smallest absolute Gasteiger partial charge is 0.182 e. The molecule has 0 bridgehead atoms. The van der Waals surface area contributed by atoms with Gasteiger partial charge in [-0.1, -0.05) is 54.6 Å². The van der Waals surface area contributed by atoms with E-state index in [0.29, 0.717) is 13.2 Å². The first-order valence-electron chi connectivity index (χ1n) is 6.38. The molecule has 0 fully saturated rings. The SMILES string of the molecule is O[C@@H]1O[C@H](COCc2ccccc2)c2ccccc21. The Kier molecular flexibility index (Phi) is 3.60. The van der Waals surface area contributed by atoms with E-state index in [-0.39, 0.29) is 6.10 Å². The van der Waals surface area contributed by atoms with Crippen LogP contribution >= 0.6 is 0 Å². The van der Waals surface area contributed by atoms with Crippen LogP contribution in [0, 0.1) is 0 Å². The van der Waals surface area contributed by atoms with Gasteiger partial charge in [-0.2, -0.15) is 0 Å². The molecular weight excluding hydrogens is 240 g/mol. The first kappa shape index (κ1) is 12.4. The first-order valence-corrected chi connectivity index (χ1v) is 6.38. The van der Waals surface area contributed by atoms with Crippen LogP contribution in [0.3, 0.4) is 0 Å². The van der Waals surface area contributed by atoms with Gasteiger partial charge in [-0.3, -0.25) is 0 Å². The van der Waals surface area contributed by atoms with Gasteiger partial charge in [0, 0.05) is 5.56 Å². The van der Waals surface area contributed by atoms with Crippen LogP contribution < -0.4 is 0 Å². The van der Waals surface area contributed by atoms with Crippen LogP contribution in [0.15, 0.2) is 54.6 Å². The summed E-state index contributed by atoms with van der Waals surface area (Å²) in [5, 5.41) is 9.79. The second kappa shape index (κ2) is 5.53. The van der Waals surface area contributed by atoms with Gasteiger partial charge in [0.25, 0.3) is 0 Å². The van der Waals surface area contributed by atoms with Gasteiger partial charge in [0.15, 0.2) is 6.29 Å². The highest BCUT2D eigenvalue weighted by atomic mass is 16.6. The lowest BCUT2D eigenvalue weighted by Crippen LogP contribution is -2.07. The predicted octanol–water partition coefficient (Wildman–Crippen LogP) is 2.97. The van der Waals surface area contributed by atoms with Gasteiger partial charge in [-0.15, -0.1) is 0 Å². The van der Waals surface area contributed by atoms with Gasteiger partial charge in [-0.25, -0.2) is 0 Å². The summed E-state index contributed by atoms with van der Waals surface area (Å²) in [4.78, 5) is 0. The van der Waals surface area contributed by atoms with Crippen molar-refractivity contribution in [2.75, 3.05) is 6.61 Å². The fraction of sp³-hybridized carbons (Fsp3) is 0.250. The second-order valence-electron chi connectivity index (χ2n) is 4.61. The minimum Gasteiger partial charge on any atom is -0.374 e. The standard InChI is InChI=1S/C16H16O3/c17-16-14-9-5-4-8-13(14)15(19-16)11-18-10-12-6-2-1-3-7-12/h1-9,15-17H,10-11H2/t15-,16-/m1/s1. The van der Waals surface area contributed by atoms with E-state index in [4.69, 9.17) is 9.47 Å². The number of hydrogen-bond donors (Lipinski definition) is 1. The zero-order valence-electron chi connectivity index (χ0n) is 10.5. The molecule has 0 spiro atoms. The predicted molar refractivity (Wildman–Crippen MR) is 71.3 cm³/mol. The molecule has 0 saturated carbocycles. The Hall–Kier alpha value is -1.68. The molecule has 0 aliphatic carbocycles. The summed E-state index contributed by atoms with van der Waals surface area (Å²) in [5.74, 6) is 0. The van der Waals surface area contributed by atoms with E-state index < -0.39 is 6.29 Å². The lowest BCUT2D eigenvalue weighted by Gasteiger charge is -2.12. The number of fused-ring (bicyclic) bond motifs is 1. The first-order chi connectivity index (χ1) is 9.34. The fourth-order valence-corrected chi connectivity index (χ4v) is 2.32. The van der Waals surface area contributed by atoms with Crippen LogP contribution in [0.25, 0.3) is 0 Å². The largest absolute Gasteiger partial charge is 0.374 e. The molecule has 0 aromatic heterocycles. The van der Waals surface area contributed by atoms with Crippen LogP contribution in [0.4, 0.5) is 0 Å². The normalized spacial score (nSPS) is 21.3. The maximum Gasteiger partial charge on any atom is 0.182 e. The molecule has 1 aliphatic rings. The summed E-state index contributed by atoms with van der Waals surface area (Å²) < 4.78 is 11.2. The summed E-state index contributed by atoms with van der Waals surface area (Å²) in [7, 11) is 0. The number of aliphatic hydroxyl groups is 1. The van der Waals surface area contributed by atoms with Crippen LogP contribution in [-0.2, 0) is 16.1 Å². The molecule has 98 valence electrons. The van der Waals surface area contributed by atoms with Crippen molar-refractivity contribution < 1.29 is 14.6 Å². The highest BCUT2D eigenvalue weighted by Gasteiger charge is 2.29. The maximum absolute atomic E-state index is 9.79. The van der Waals surface area contributed by atoms with Crippen molar-refractivity contribution in [2.45, 2.75) is 19.0 Å². The third-order valence-electron chi connectivity index (χ3n) is 3.28. The summed E-state index contributed by atoms with van der Waals surface area (Å²) in [6.45, 7) is 1.00. The Labute approximate surface area is 112 Å². The summed E-state index contributed by atoms with van der Waals surface area (Å²) in [6.07, 6.45) is -1.02. The summed E-state index contributed by atoms with van der Waals surface area (Å²) >= 11 is 0. The molecule has 0 amide bonds. The highest BCUT2D eigenvalue weighted by molar-refractivity contribution is 5.33. The van der Waals surface area contributed by atoms with Gasteiger partial charge < -0.3 is 14.6 Å². The van der Waals surface area contributed by atoms with Gasteiger partial charge in [-0.05, 0) is 11.1 Å². The van der Waals surface area contributed by atoms with Crippen molar-refractivity contribution in [2.24, 2.45) is 0 Å². The molecule has 1 N–H and O–H groups in total. The van der Waals surface area contributed by atoms with Crippen LogP contribution in [0.2, 0.25) is 0 Å². The molecular formula is C16H16O3. The zero-order valence-corrected chi connectivity index (χ0v) is 10.5. The van der Waals surface area contributed by atoms with E-state index in [2.05, 4.69) is 0 Å². The van der Waals surface area contributed by atoms with E-state index >= 15 is 0 Å². The average molecular weight is 256 g/mol.